The smallest absolute Gasteiger partial charge is 0.157 e. The lowest BCUT2D eigenvalue weighted by Gasteiger charge is -2.14. The van der Waals surface area contributed by atoms with Crippen LogP contribution in [0, 0.1) is 5.92 Å². The molecule has 0 radical (unpaired) electrons. The van der Waals surface area contributed by atoms with Crippen LogP contribution in [-0.4, -0.2) is 16.5 Å². The molecule has 0 saturated carbocycles. The summed E-state index contributed by atoms with van der Waals surface area (Å²) < 4.78 is 13.1. The van der Waals surface area contributed by atoms with Gasteiger partial charge in [0.2, 0.25) is 0 Å². The van der Waals surface area contributed by atoms with Gasteiger partial charge in [0.25, 0.3) is 0 Å². The number of hydrogen-bond donors (Lipinski definition) is 2. The summed E-state index contributed by atoms with van der Waals surface area (Å²) in [7, 11) is 0. The highest BCUT2D eigenvalue weighted by Crippen LogP contribution is 2.16. The van der Waals surface area contributed by atoms with E-state index in [2.05, 4.69) is 6.58 Å². The molecule has 3 heteroatoms. The minimum atomic E-state index is -1.50. The summed E-state index contributed by atoms with van der Waals surface area (Å²) in [6.07, 6.45) is 6.27. The predicted molar refractivity (Wildman–Crippen MR) is 59.8 cm³/mol. The van der Waals surface area contributed by atoms with Crippen LogP contribution in [0.15, 0.2) is 36.7 Å². The zero-order valence-electron chi connectivity index (χ0n) is 9.06. The van der Waals surface area contributed by atoms with Crippen molar-refractivity contribution in [1.29, 1.82) is 0 Å². The Kier molecular flexibility index (Phi) is 7.86. The van der Waals surface area contributed by atoms with E-state index in [-0.39, 0.29) is 0 Å². The summed E-state index contributed by atoms with van der Waals surface area (Å²) in [4.78, 5) is 0. The van der Waals surface area contributed by atoms with Crippen molar-refractivity contribution >= 4 is 0 Å². The van der Waals surface area contributed by atoms with Gasteiger partial charge in [-0.25, -0.2) is 4.39 Å². The van der Waals surface area contributed by atoms with E-state index in [1.54, 1.807) is 0 Å². The number of aliphatic hydroxyl groups excluding tert-OH is 1. The fourth-order valence-electron chi connectivity index (χ4n) is 1.18. The lowest BCUT2D eigenvalue weighted by Crippen LogP contribution is -2.17. The Morgan fingerprint density at radius 2 is 2.13 bits per heavy atom. The fraction of sp³-hybridized carbons (Fsp3) is 0.500. The van der Waals surface area contributed by atoms with Gasteiger partial charge in [0.1, 0.15) is 5.83 Å². The van der Waals surface area contributed by atoms with E-state index in [1.165, 1.54) is 24.3 Å². The van der Waals surface area contributed by atoms with Gasteiger partial charge in [-0.2, -0.15) is 0 Å². The maximum Gasteiger partial charge on any atom is 0.157 e. The summed E-state index contributed by atoms with van der Waals surface area (Å²) >= 11 is 0. The van der Waals surface area contributed by atoms with Crippen LogP contribution in [0.25, 0.3) is 0 Å². The van der Waals surface area contributed by atoms with Gasteiger partial charge in [0.15, 0.2) is 6.29 Å². The van der Waals surface area contributed by atoms with Gasteiger partial charge in [0, 0.05) is 5.92 Å². The van der Waals surface area contributed by atoms with Gasteiger partial charge >= 0.3 is 0 Å². The average molecular weight is 214 g/mol. The molecule has 2 N–H and O–H groups in total. The van der Waals surface area contributed by atoms with Crippen LogP contribution in [0.5, 0.6) is 0 Å². The third kappa shape index (κ3) is 7.05. The van der Waals surface area contributed by atoms with Gasteiger partial charge < -0.3 is 10.2 Å². The van der Waals surface area contributed by atoms with Crippen LogP contribution in [-0.2, 0) is 0 Å². The van der Waals surface area contributed by atoms with Crippen molar-refractivity contribution in [2.45, 2.75) is 32.5 Å². The lowest BCUT2D eigenvalue weighted by molar-refractivity contribution is -0.0725. The van der Waals surface area contributed by atoms with E-state index in [0.717, 1.165) is 12.8 Å². The largest absolute Gasteiger partial charge is 0.368 e. The van der Waals surface area contributed by atoms with Gasteiger partial charge in [0.05, 0.1) is 0 Å². The molecule has 0 aromatic rings. The Morgan fingerprint density at radius 1 is 1.47 bits per heavy atom. The Bertz CT molecular complexity index is 232. The highest BCUT2D eigenvalue weighted by atomic mass is 19.1. The number of hydrogen-bond acceptors (Lipinski definition) is 2. The van der Waals surface area contributed by atoms with Crippen LogP contribution in [0.1, 0.15) is 26.2 Å². The van der Waals surface area contributed by atoms with E-state index < -0.39 is 18.0 Å². The lowest BCUT2D eigenvalue weighted by atomic mass is 10.0. The molecule has 86 valence electrons. The van der Waals surface area contributed by atoms with Gasteiger partial charge in [-0.05, 0) is 18.6 Å². The molecule has 2 nitrogen and oxygen atoms in total. The number of allylic oxidation sites excluding steroid dienone is 4. The molecule has 0 rings (SSSR count). The summed E-state index contributed by atoms with van der Waals surface area (Å²) in [6.45, 7) is 5.42. The zero-order valence-corrected chi connectivity index (χ0v) is 9.06. The van der Waals surface area contributed by atoms with Gasteiger partial charge in [-0.1, -0.05) is 38.5 Å². The molecule has 0 aromatic heterocycles. The number of unbranched alkanes of at least 4 members (excludes halogenated alkanes) is 1. The molecule has 15 heavy (non-hydrogen) atoms. The van der Waals surface area contributed by atoms with Crippen LogP contribution in [0.4, 0.5) is 4.39 Å². The normalized spacial score (nSPS) is 14.9. The van der Waals surface area contributed by atoms with E-state index >= 15 is 0 Å². The SMILES string of the molecule is C=C/C=C\C(F)=C\C(CCCC)C(O)O. The molecule has 0 aromatic carbocycles. The first kappa shape index (κ1) is 14.1. The Hall–Kier alpha value is -0.930. The van der Waals surface area contributed by atoms with Crippen LogP contribution in [0.3, 0.4) is 0 Å². The molecule has 0 spiro atoms. The first-order valence-corrected chi connectivity index (χ1v) is 5.14. The molecule has 0 heterocycles. The number of rotatable bonds is 7. The van der Waals surface area contributed by atoms with Gasteiger partial charge in [-0.3, -0.25) is 0 Å². The molecule has 0 aliphatic rings. The molecule has 0 aliphatic heterocycles. The molecule has 0 saturated heterocycles. The molecular formula is C12H19FO2. The highest BCUT2D eigenvalue weighted by molar-refractivity contribution is 5.16. The maximum atomic E-state index is 13.1. The van der Waals surface area contributed by atoms with Crippen molar-refractivity contribution in [2.75, 3.05) is 0 Å². The second kappa shape index (κ2) is 8.38. The number of aliphatic hydroxyl groups is 2. The molecule has 1 unspecified atom stereocenters. The molecule has 0 amide bonds. The fourth-order valence-corrected chi connectivity index (χ4v) is 1.18. The van der Waals surface area contributed by atoms with Crippen molar-refractivity contribution in [3.63, 3.8) is 0 Å². The minimum Gasteiger partial charge on any atom is -0.368 e. The second-order valence-electron chi connectivity index (χ2n) is 3.37. The standard InChI is InChI=1S/C12H19FO2/c1-3-5-7-10(12(14)15)9-11(13)8-6-4-2/h4,6,8-10,12,14-15H,2-3,5,7H2,1H3/b8-6-,11-9-. The first-order chi connectivity index (χ1) is 7.11. The van der Waals surface area contributed by atoms with Crippen LogP contribution < -0.4 is 0 Å². The summed E-state index contributed by atoms with van der Waals surface area (Å²) in [5.74, 6) is -1.01. The summed E-state index contributed by atoms with van der Waals surface area (Å²) in [5, 5.41) is 18.0. The Balaban J connectivity index is 4.36. The average Bonchev–Trinajstić information content (AvgIpc) is 2.20. The predicted octanol–water partition coefficient (Wildman–Crippen LogP) is 2.70. The van der Waals surface area contributed by atoms with E-state index in [4.69, 9.17) is 10.2 Å². The summed E-state index contributed by atoms with van der Waals surface area (Å²) in [5.41, 5.74) is 0. The van der Waals surface area contributed by atoms with E-state index in [9.17, 15) is 4.39 Å². The zero-order chi connectivity index (χ0) is 11.7. The highest BCUT2D eigenvalue weighted by Gasteiger charge is 2.13. The van der Waals surface area contributed by atoms with Gasteiger partial charge in [-0.15, -0.1) is 0 Å². The molecule has 0 fully saturated rings. The molecule has 0 bridgehead atoms. The van der Waals surface area contributed by atoms with E-state index in [1.807, 2.05) is 6.92 Å². The van der Waals surface area contributed by atoms with Crippen LogP contribution in [0.2, 0.25) is 0 Å². The molecule has 1 atom stereocenters. The third-order valence-corrected chi connectivity index (χ3v) is 2.04. The van der Waals surface area contributed by atoms with Crippen molar-refractivity contribution in [2.24, 2.45) is 5.92 Å². The number of halogens is 1. The van der Waals surface area contributed by atoms with Crippen molar-refractivity contribution in [1.82, 2.24) is 0 Å². The topological polar surface area (TPSA) is 40.5 Å². The molecule has 0 aliphatic carbocycles. The summed E-state index contributed by atoms with van der Waals surface area (Å²) in [6, 6.07) is 0. The van der Waals surface area contributed by atoms with E-state index in [0.29, 0.717) is 6.42 Å². The quantitative estimate of drug-likeness (QED) is 0.505. The van der Waals surface area contributed by atoms with Crippen molar-refractivity contribution in [3.05, 3.63) is 36.7 Å². The van der Waals surface area contributed by atoms with Crippen LogP contribution >= 0.6 is 0 Å². The molecular weight excluding hydrogens is 195 g/mol. The minimum absolute atomic E-state index is 0.468. The Labute approximate surface area is 90.4 Å². The third-order valence-electron chi connectivity index (χ3n) is 2.04. The van der Waals surface area contributed by atoms with Crippen molar-refractivity contribution < 1.29 is 14.6 Å². The maximum absolute atomic E-state index is 13.1. The first-order valence-electron chi connectivity index (χ1n) is 5.14. The van der Waals surface area contributed by atoms with Crippen molar-refractivity contribution in [3.8, 4) is 0 Å². The second-order valence-corrected chi connectivity index (χ2v) is 3.37. The monoisotopic (exact) mass is 214 g/mol. The Morgan fingerprint density at radius 3 is 2.60 bits per heavy atom.